The molecule has 0 aromatic heterocycles. The number of halogens is 5. The van der Waals surface area contributed by atoms with Gasteiger partial charge >= 0.3 is 0 Å². The van der Waals surface area contributed by atoms with Crippen LogP contribution in [0.15, 0.2) is 24.3 Å². The summed E-state index contributed by atoms with van der Waals surface area (Å²) in [5.41, 5.74) is 2.15. The Morgan fingerprint density at radius 1 is 1.17 bits per heavy atom. The Hall–Kier alpha value is 0.470. The molecule has 3 unspecified atom stereocenters. The quantitative estimate of drug-likeness (QED) is 0.613. The highest BCUT2D eigenvalue weighted by molar-refractivity contribution is 6.68. The van der Waals surface area contributed by atoms with Gasteiger partial charge < -0.3 is 4.90 Å². The zero-order valence-corrected chi connectivity index (χ0v) is 13.2. The van der Waals surface area contributed by atoms with E-state index in [1.807, 2.05) is 36.2 Å². The molecule has 1 aliphatic heterocycles. The summed E-state index contributed by atoms with van der Waals surface area (Å²) >= 11 is 31.0. The van der Waals surface area contributed by atoms with E-state index >= 15 is 0 Å². The van der Waals surface area contributed by atoms with Crippen LogP contribution < -0.4 is 4.90 Å². The highest BCUT2D eigenvalue weighted by Gasteiger charge is 2.72. The molecule has 1 aromatic carbocycles. The van der Waals surface area contributed by atoms with Crippen molar-refractivity contribution in [3.05, 3.63) is 29.8 Å². The highest BCUT2D eigenvalue weighted by Crippen LogP contribution is 2.72. The molecule has 0 spiro atoms. The molecule has 0 amide bonds. The van der Waals surface area contributed by atoms with Gasteiger partial charge in [-0.2, -0.15) is 0 Å². The summed E-state index contributed by atoms with van der Waals surface area (Å²) in [5.74, 6) is -0.0258. The van der Waals surface area contributed by atoms with E-state index in [9.17, 15) is 0 Å². The van der Waals surface area contributed by atoms with Crippen LogP contribution in [-0.2, 0) is 0 Å². The first-order chi connectivity index (χ1) is 8.26. The van der Waals surface area contributed by atoms with Gasteiger partial charge in [-0.05, 0) is 11.6 Å². The van der Waals surface area contributed by atoms with Crippen LogP contribution >= 0.6 is 58.0 Å². The lowest BCUT2D eigenvalue weighted by molar-refractivity contribution is 0.538. The number of anilines is 1. The molecule has 3 rings (SSSR count). The van der Waals surface area contributed by atoms with Crippen molar-refractivity contribution < 1.29 is 0 Å². The van der Waals surface area contributed by atoms with E-state index in [1.165, 1.54) is 0 Å². The molecule has 1 aliphatic carbocycles. The molecule has 6 heteroatoms. The maximum atomic E-state index is 6.37. The van der Waals surface area contributed by atoms with Gasteiger partial charge in [0.25, 0.3) is 0 Å². The van der Waals surface area contributed by atoms with Crippen molar-refractivity contribution in [3.63, 3.8) is 0 Å². The predicted octanol–water partition coefficient (Wildman–Crippen LogP) is 4.76. The van der Waals surface area contributed by atoms with Crippen molar-refractivity contribution in [2.45, 2.75) is 20.1 Å². The Morgan fingerprint density at radius 3 is 2.39 bits per heavy atom. The summed E-state index contributed by atoms with van der Waals surface area (Å²) in [6.07, 6.45) is 0. The number of hydrogen-bond donors (Lipinski definition) is 0. The van der Waals surface area contributed by atoms with Gasteiger partial charge in [0.2, 0.25) is 3.79 Å². The van der Waals surface area contributed by atoms with Crippen molar-refractivity contribution in [1.82, 2.24) is 0 Å². The highest BCUT2D eigenvalue weighted by atomic mass is 35.6. The first kappa shape index (κ1) is 13.5. The zero-order valence-electron chi connectivity index (χ0n) is 9.38. The fraction of sp³-hybridized carbons (Fsp3) is 0.500. The molecule has 2 aliphatic rings. The summed E-state index contributed by atoms with van der Waals surface area (Å²) in [7, 11) is 1.91. The average molecular weight is 345 g/mol. The van der Waals surface area contributed by atoms with Gasteiger partial charge in [-0.15, -0.1) is 23.2 Å². The Labute approximate surface area is 131 Å². The van der Waals surface area contributed by atoms with Crippen molar-refractivity contribution in [2.75, 3.05) is 11.9 Å². The first-order valence-electron chi connectivity index (χ1n) is 5.52. The molecule has 3 atom stereocenters. The van der Waals surface area contributed by atoms with Crippen LogP contribution in [0.5, 0.6) is 0 Å². The van der Waals surface area contributed by atoms with Crippen LogP contribution in [0, 0.1) is 5.92 Å². The van der Waals surface area contributed by atoms with Gasteiger partial charge in [-0.25, -0.2) is 0 Å². The number of fused-ring (bicyclic) bond motifs is 3. The second kappa shape index (κ2) is 3.99. The van der Waals surface area contributed by atoms with E-state index in [0.717, 1.165) is 11.3 Å². The van der Waals surface area contributed by atoms with Crippen molar-refractivity contribution in [3.8, 4) is 0 Å². The van der Waals surface area contributed by atoms with Gasteiger partial charge in [-0.3, -0.25) is 0 Å². The summed E-state index contributed by atoms with van der Waals surface area (Å²) in [4.78, 5) is 1.97. The summed E-state index contributed by atoms with van der Waals surface area (Å²) in [6, 6.07) is 7.64. The third kappa shape index (κ3) is 1.75. The minimum absolute atomic E-state index is 0.0360. The van der Waals surface area contributed by atoms with Crippen LogP contribution in [0.2, 0.25) is 0 Å². The molecule has 1 saturated carbocycles. The average Bonchev–Trinajstić information content (AvgIpc) is 2.80. The summed E-state index contributed by atoms with van der Waals surface area (Å²) in [5, 5.41) is 0. The number of alkyl halides is 5. The van der Waals surface area contributed by atoms with Gasteiger partial charge in [0.15, 0.2) is 0 Å². The molecular weight excluding hydrogens is 335 g/mol. The van der Waals surface area contributed by atoms with E-state index in [0.29, 0.717) is 0 Å². The lowest BCUT2D eigenvalue weighted by Gasteiger charge is -2.39. The number of rotatable bonds is 0. The number of nitrogens with zero attached hydrogens (tertiary/aromatic N) is 1. The van der Waals surface area contributed by atoms with Gasteiger partial charge in [0.05, 0.1) is 6.04 Å². The summed E-state index contributed by atoms with van der Waals surface area (Å²) < 4.78 is -2.27. The monoisotopic (exact) mass is 343 g/mol. The van der Waals surface area contributed by atoms with E-state index in [4.69, 9.17) is 58.0 Å². The smallest absolute Gasteiger partial charge is 0.210 e. The largest absolute Gasteiger partial charge is 0.367 e. The minimum atomic E-state index is -1.42. The molecule has 1 fully saturated rings. The molecular formula is C12H10Cl5N. The predicted molar refractivity (Wildman–Crippen MR) is 79.6 cm³/mol. The fourth-order valence-electron chi connectivity index (χ4n) is 3.03. The van der Waals surface area contributed by atoms with Crippen LogP contribution in [0.25, 0.3) is 0 Å². The van der Waals surface area contributed by atoms with E-state index in [-0.39, 0.29) is 17.9 Å². The Balaban J connectivity index is 2.14. The fourth-order valence-corrected chi connectivity index (χ4v) is 4.75. The van der Waals surface area contributed by atoms with Gasteiger partial charge in [0.1, 0.15) is 4.33 Å². The molecule has 1 nitrogen and oxygen atoms in total. The maximum Gasteiger partial charge on any atom is 0.210 e. The third-order valence-electron chi connectivity index (χ3n) is 3.85. The molecule has 1 heterocycles. The summed E-state index contributed by atoms with van der Waals surface area (Å²) in [6.45, 7) is 0. The van der Waals surface area contributed by atoms with Crippen LogP contribution in [0.4, 0.5) is 5.69 Å². The Morgan fingerprint density at radius 2 is 1.78 bits per heavy atom. The van der Waals surface area contributed by atoms with Gasteiger partial charge in [-0.1, -0.05) is 53.0 Å². The number of hydrogen-bond acceptors (Lipinski definition) is 1. The molecule has 18 heavy (non-hydrogen) atoms. The normalized spacial score (nSPS) is 32.8. The number of para-hydroxylation sites is 1. The van der Waals surface area contributed by atoms with Crippen LogP contribution in [0.1, 0.15) is 11.5 Å². The minimum Gasteiger partial charge on any atom is -0.367 e. The second-order valence-electron chi connectivity index (χ2n) is 4.83. The van der Waals surface area contributed by atoms with Crippen LogP contribution in [0.3, 0.4) is 0 Å². The lowest BCUT2D eigenvalue weighted by Crippen LogP contribution is -2.46. The zero-order chi connectivity index (χ0) is 13.3. The molecule has 0 radical (unpaired) electrons. The Bertz CT molecular complexity index is 495. The molecule has 1 aromatic rings. The van der Waals surface area contributed by atoms with Gasteiger partial charge in [0, 0.05) is 24.6 Å². The molecule has 0 bridgehead atoms. The SMILES string of the molecule is CN1c2ccccc2C2C(C1C(Cl)(Cl)Cl)C2(Cl)Cl. The van der Waals surface area contributed by atoms with E-state index in [1.54, 1.807) is 0 Å². The standard InChI is InChI=1S/C12H10Cl5N/c1-18-7-5-3-2-4-6(7)8-9(11(8,13)14)10(18)12(15,16)17/h2-5,8-10H,1H3. The molecule has 0 saturated heterocycles. The van der Waals surface area contributed by atoms with Crippen molar-refractivity contribution in [2.24, 2.45) is 5.92 Å². The third-order valence-corrected chi connectivity index (χ3v) is 5.50. The second-order valence-corrected chi connectivity index (χ2v) is 8.65. The van der Waals surface area contributed by atoms with Crippen LogP contribution in [-0.4, -0.2) is 21.2 Å². The topological polar surface area (TPSA) is 3.24 Å². The lowest BCUT2D eigenvalue weighted by atomic mass is 9.97. The van der Waals surface area contributed by atoms with Crippen molar-refractivity contribution in [1.29, 1.82) is 0 Å². The Kier molecular flexibility index (Phi) is 2.98. The molecule has 0 N–H and O–H groups in total. The molecule has 98 valence electrons. The van der Waals surface area contributed by atoms with Crippen molar-refractivity contribution >= 4 is 63.7 Å². The first-order valence-corrected chi connectivity index (χ1v) is 7.41. The number of benzene rings is 1. The van der Waals surface area contributed by atoms with E-state index < -0.39 is 8.13 Å². The van der Waals surface area contributed by atoms with E-state index in [2.05, 4.69) is 0 Å². The maximum absolute atomic E-state index is 6.37.